The fourth-order valence-electron chi connectivity index (χ4n) is 1.06. The Morgan fingerprint density at radius 1 is 1.33 bits per heavy atom. The van der Waals surface area contributed by atoms with Crippen LogP contribution in [0.2, 0.25) is 0 Å². The molecule has 0 bridgehead atoms. The van der Waals surface area contributed by atoms with Crippen molar-refractivity contribution in [1.29, 1.82) is 0 Å². The van der Waals surface area contributed by atoms with Gasteiger partial charge in [0.05, 0.1) is 0 Å². The first-order valence-corrected chi connectivity index (χ1v) is 4.68. The first-order chi connectivity index (χ1) is 5.72. The van der Waals surface area contributed by atoms with Gasteiger partial charge in [0.15, 0.2) is 0 Å². The molecule has 0 fully saturated rings. The molecule has 0 spiro atoms. The summed E-state index contributed by atoms with van der Waals surface area (Å²) in [6.45, 7) is 6.10. The van der Waals surface area contributed by atoms with E-state index in [1.165, 1.54) is 0 Å². The molecular formula is C9H20N2O. The molecule has 0 aliphatic carbocycles. The molecule has 0 aliphatic heterocycles. The first-order valence-electron chi connectivity index (χ1n) is 4.68. The van der Waals surface area contributed by atoms with Gasteiger partial charge in [0.2, 0.25) is 5.91 Å². The van der Waals surface area contributed by atoms with Gasteiger partial charge in [0.25, 0.3) is 0 Å². The number of unbranched alkanes of at least 4 members (excludes halogenated alkanes) is 1. The van der Waals surface area contributed by atoms with Gasteiger partial charge in [-0.05, 0) is 19.4 Å². The summed E-state index contributed by atoms with van der Waals surface area (Å²) in [7, 11) is 0. The van der Waals surface area contributed by atoms with Gasteiger partial charge in [-0.2, -0.15) is 0 Å². The second-order valence-corrected chi connectivity index (χ2v) is 3.00. The van der Waals surface area contributed by atoms with E-state index in [9.17, 15) is 4.79 Å². The van der Waals surface area contributed by atoms with Crippen LogP contribution in [0.25, 0.3) is 0 Å². The highest BCUT2D eigenvalue weighted by Crippen LogP contribution is 1.96. The van der Waals surface area contributed by atoms with Crippen LogP contribution < -0.4 is 5.73 Å². The van der Waals surface area contributed by atoms with Crippen molar-refractivity contribution < 1.29 is 4.79 Å². The predicted octanol–water partition coefficient (Wildman–Crippen LogP) is 0.984. The van der Waals surface area contributed by atoms with Gasteiger partial charge in [0.1, 0.15) is 0 Å². The van der Waals surface area contributed by atoms with E-state index in [1.807, 2.05) is 4.90 Å². The molecule has 0 rings (SSSR count). The highest BCUT2D eigenvalue weighted by Gasteiger charge is 2.05. The Labute approximate surface area is 74.9 Å². The Kier molecular flexibility index (Phi) is 6.76. The summed E-state index contributed by atoms with van der Waals surface area (Å²) in [6.07, 6.45) is 3.12. The summed E-state index contributed by atoms with van der Waals surface area (Å²) in [5, 5.41) is 0. The molecule has 0 heterocycles. The molecule has 0 aromatic rings. The molecule has 2 N–H and O–H groups in total. The lowest BCUT2D eigenvalue weighted by molar-refractivity contribution is -0.128. The van der Waals surface area contributed by atoms with Crippen LogP contribution in [0.15, 0.2) is 0 Å². The predicted molar refractivity (Wildman–Crippen MR) is 50.8 cm³/mol. The number of carbonyl (C=O) groups excluding carboxylic acids is 1. The van der Waals surface area contributed by atoms with E-state index in [1.54, 1.807) is 6.92 Å². The normalized spacial score (nSPS) is 9.92. The van der Waals surface area contributed by atoms with Gasteiger partial charge in [-0.1, -0.05) is 13.3 Å². The minimum Gasteiger partial charge on any atom is -0.343 e. The third-order valence-corrected chi connectivity index (χ3v) is 1.86. The summed E-state index contributed by atoms with van der Waals surface area (Å²) in [6, 6.07) is 0. The minimum absolute atomic E-state index is 0.164. The van der Waals surface area contributed by atoms with Crippen molar-refractivity contribution >= 4 is 5.91 Å². The Hall–Kier alpha value is -0.570. The molecule has 0 unspecified atom stereocenters. The van der Waals surface area contributed by atoms with E-state index in [2.05, 4.69) is 6.92 Å². The molecule has 0 aromatic carbocycles. The van der Waals surface area contributed by atoms with Crippen LogP contribution in [0.1, 0.15) is 33.1 Å². The molecule has 0 saturated heterocycles. The second kappa shape index (κ2) is 7.10. The quantitative estimate of drug-likeness (QED) is 0.649. The summed E-state index contributed by atoms with van der Waals surface area (Å²) in [5.41, 5.74) is 5.37. The average Bonchev–Trinajstić information content (AvgIpc) is 2.04. The van der Waals surface area contributed by atoms with E-state index < -0.39 is 0 Å². The molecule has 0 radical (unpaired) electrons. The Balaban J connectivity index is 3.62. The fourth-order valence-corrected chi connectivity index (χ4v) is 1.06. The number of amides is 1. The lowest BCUT2D eigenvalue weighted by Gasteiger charge is -2.20. The van der Waals surface area contributed by atoms with Crippen LogP contribution in [0.5, 0.6) is 0 Å². The molecular weight excluding hydrogens is 152 g/mol. The molecule has 0 aliphatic rings. The highest BCUT2D eigenvalue weighted by atomic mass is 16.2. The van der Waals surface area contributed by atoms with Crippen LogP contribution in [0, 0.1) is 0 Å². The molecule has 3 nitrogen and oxygen atoms in total. The monoisotopic (exact) mass is 172 g/mol. The van der Waals surface area contributed by atoms with Gasteiger partial charge in [0, 0.05) is 20.0 Å². The van der Waals surface area contributed by atoms with Gasteiger partial charge >= 0.3 is 0 Å². The van der Waals surface area contributed by atoms with E-state index in [4.69, 9.17) is 5.73 Å². The maximum Gasteiger partial charge on any atom is 0.219 e. The number of rotatable bonds is 6. The molecule has 72 valence electrons. The zero-order chi connectivity index (χ0) is 9.40. The van der Waals surface area contributed by atoms with Crippen molar-refractivity contribution in [2.45, 2.75) is 33.1 Å². The third-order valence-electron chi connectivity index (χ3n) is 1.86. The van der Waals surface area contributed by atoms with E-state index in [0.717, 1.165) is 32.4 Å². The standard InChI is InChI=1S/C9H20N2O/c1-3-4-7-11(9(2)12)8-5-6-10/h3-8,10H2,1-2H3. The van der Waals surface area contributed by atoms with E-state index in [0.29, 0.717) is 6.54 Å². The van der Waals surface area contributed by atoms with Gasteiger partial charge in [-0.25, -0.2) is 0 Å². The Morgan fingerprint density at radius 2 is 1.92 bits per heavy atom. The van der Waals surface area contributed by atoms with Crippen LogP contribution in [-0.4, -0.2) is 30.4 Å². The van der Waals surface area contributed by atoms with E-state index in [-0.39, 0.29) is 5.91 Å². The van der Waals surface area contributed by atoms with Crippen LogP contribution in [0.4, 0.5) is 0 Å². The number of hydrogen-bond acceptors (Lipinski definition) is 2. The smallest absolute Gasteiger partial charge is 0.219 e. The van der Waals surface area contributed by atoms with Gasteiger partial charge in [-0.3, -0.25) is 4.79 Å². The number of nitrogens with two attached hydrogens (primary N) is 1. The van der Waals surface area contributed by atoms with Crippen molar-refractivity contribution in [2.24, 2.45) is 5.73 Å². The van der Waals surface area contributed by atoms with Crippen molar-refractivity contribution in [3.05, 3.63) is 0 Å². The fraction of sp³-hybridized carbons (Fsp3) is 0.889. The highest BCUT2D eigenvalue weighted by molar-refractivity contribution is 5.73. The Bertz CT molecular complexity index is 118. The van der Waals surface area contributed by atoms with Gasteiger partial charge in [-0.15, -0.1) is 0 Å². The minimum atomic E-state index is 0.164. The molecule has 3 heteroatoms. The first kappa shape index (κ1) is 11.4. The van der Waals surface area contributed by atoms with Gasteiger partial charge < -0.3 is 10.6 Å². The van der Waals surface area contributed by atoms with Crippen molar-refractivity contribution in [3.8, 4) is 0 Å². The lowest BCUT2D eigenvalue weighted by atomic mass is 10.3. The molecule has 0 saturated carbocycles. The van der Waals surface area contributed by atoms with E-state index >= 15 is 0 Å². The maximum atomic E-state index is 11.0. The third kappa shape index (κ3) is 5.13. The largest absolute Gasteiger partial charge is 0.343 e. The Morgan fingerprint density at radius 3 is 2.33 bits per heavy atom. The summed E-state index contributed by atoms with van der Waals surface area (Å²) in [4.78, 5) is 12.9. The summed E-state index contributed by atoms with van der Waals surface area (Å²) in [5.74, 6) is 0.164. The molecule has 0 atom stereocenters. The average molecular weight is 172 g/mol. The van der Waals surface area contributed by atoms with Crippen molar-refractivity contribution in [2.75, 3.05) is 19.6 Å². The lowest BCUT2D eigenvalue weighted by Crippen LogP contribution is -2.31. The topological polar surface area (TPSA) is 46.3 Å². The van der Waals surface area contributed by atoms with Crippen LogP contribution in [0.3, 0.4) is 0 Å². The SMILES string of the molecule is CCCCN(CCCN)C(C)=O. The van der Waals surface area contributed by atoms with Crippen molar-refractivity contribution in [3.63, 3.8) is 0 Å². The molecule has 1 amide bonds. The summed E-state index contributed by atoms with van der Waals surface area (Å²) >= 11 is 0. The number of hydrogen-bond donors (Lipinski definition) is 1. The summed E-state index contributed by atoms with van der Waals surface area (Å²) < 4.78 is 0. The number of nitrogens with zero attached hydrogens (tertiary/aromatic N) is 1. The van der Waals surface area contributed by atoms with Crippen LogP contribution in [-0.2, 0) is 4.79 Å². The zero-order valence-corrected chi connectivity index (χ0v) is 8.18. The molecule has 0 aromatic heterocycles. The second-order valence-electron chi connectivity index (χ2n) is 3.00. The maximum absolute atomic E-state index is 11.0. The van der Waals surface area contributed by atoms with Crippen molar-refractivity contribution in [1.82, 2.24) is 4.90 Å². The number of carbonyl (C=O) groups is 1. The molecule has 12 heavy (non-hydrogen) atoms. The zero-order valence-electron chi connectivity index (χ0n) is 8.18. The van der Waals surface area contributed by atoms with Crippen LogP contribution >= 0.6 is 0 Å².